The summed E-state index contributed by atoms with van der Waals surface area (Å²) in [5, 5.41) is 22.6. The van der Waals surface area contributed by atoms with Crippen LogP contribution in [0.15, 0.2) is 48.5 Å². The van der Waals surface area contributed by atoms with Crippen molar-refractivity contribution in [1.82, 2.24) is 20.2 Å². The summed E-state index contributed by atoms with van der Waals surface area (Å²) in [5.41, 5.74) is 0.410. The van der Waals surface area contributed by atoms with Crippen LogP contribution >= 0.6 is 0 Å². The summed E-state index contributed by atoms with van der Waals surface area (Å²) in [6.45, 7) is -0.264. The molecule has 7 nitrogen and oxygen atoms in total. The molecule has 1 unspecified atom stereocenters. The molecule has 1 amide bonds. The van der Waals surface area contributed by atoms with Gasteiger partial charge in [0.25, 0.3) is 11.8 Å². The molecule has 0 aliphatic heterocycles. The minimum absolute atomic E-state index is 0.0539. The molecule has 3 aromatic rings. The zero-order chi connectivity index (χ0) is 21.8. The maximum absolute atomic E-state index is 13.8. The third kappa shape index (κ3) is 4.52. The highest BCUT2D eigenvalue weighted by molar-refractivity contribution is 5.95. The van der Waals surface area contributed by atoms with Crippen LogP contribution in [0.5, 0.6) is 11.6 Å². The van der Waals surface area contributed by atoms with Gasteiger partial charge in [-0.3, -0.25) is 9.69 Å². The van der Waals surface area contributed by atoms with E-state index < -0.39 is 40.9 Å². The van der Waals surface area contributed by atoms with Gasteiger partial charge in [0.15, 0.2) is 11.5 Å². The normalized spacial score (nSPS) is 12.0. The van der Waals surface area contributed by atoms with Gasteiger partial charge in [0, 0.05) is 18.2 Å². The summed E-state index contributed by atoms with van der Waals surface area (Å²) in [7, 11) is 3.56. The van der Waals surface area contributed by atoms with Crippen molar-refractivity contribution >= 4 is 5.91 Å². The molecule has 1 aromatic heterocycles. The lowest BCUT2D eigenvalue weighted by Gasteiger charge is -2.24. The maximum Gasteiger partial charge on any atom is 0.274 e. The van der Waals surface area contributed by atoms with Gasteiger partial charge < -0.3 is 15.5 Å². The van der Waals surface area contributed by atoms with E-state index in [9.17, 15) is 23.8 Å². The maximum atomic E-state index is 13.8. The Morgan fingerprint density at radius 1 is 1.10 bits per heavy atom. The fraction of sp³-hybridized carbons (Fsp3) is 0.190. The van der Waals surface area contributed by atoms with E-state index in [0.717, 1.165) is 11.6 Å². The lowest BCUT2D eigenvalue weighted by Crippen LogP contribution is -2.27. The molecule has 1 atom stereocenters. The van der Waals surface area contributed by atoms with Crippen molar-refractivity contribution in [2.24, 2.45) is 0 Å². The lowest BCUT2D eigenvalue weighted by molar-refractivity contribution is 0.0940. The second-order valence-electron chi connectivity index (χ2n) is 6.80. The van der Waals surface area contributed by atoms with Gasteiger partial charge in [0.1, 0.15) is 11.6 Å². The number of carbonyl (C=O) groups excluding carboxylic acids is 1. The van der Waals surface area contributed by atoms with Gasteiger partial charge in [-0.2, -0.15) is 4.98 Å². The van der Waals surface area contributed by atoms with Gasteiger partial charge in [-0.15, -0.1) is 0 Å². The van der Waals surface area contributed by atoms with Crippen molar-refractivity contribution in [1.29, 1.82) is 0 Å². The number of carbonyl (C=O) groups is 1. The Hall–Kier alpha value is -3.59. The van der Waals surface area contributed by atoms with Crippen molar-refractivity contribution in [2.75, 3.05) is 14.1 Å². The highest BCUT2D eigenvalue weighted by Crippen LogP contribution is 2.31. The van der Waals surface area contributed by atoms with Gasteiger partial charge in [0.05, 0.1) is 6.04 Å². The minimum atomic E-state index is -0.847. The molecular formula is C21H20F2N4O3. The number of amides is 1. The molecule has 1 heterocycles. The first-order valence-electron chi connectivity index (χ1n) is 9.01. The molecule has 2 aromatic carbocycles. The quantitative estimate of drug-likeness (QED) is 0.574. The topological polar surface area (TPSA) is 98.6 Å². The predicted molar refractivity (Wildman–Crippen MR) is 105 cm³/mol. The Labute approximate surface area is 171 Å². The van der Waals surface area contributed by atoms with E-state index in [1.54, 1.807) is 19.0 Å². The average molecular weight is 414 g/mol. The van der Waals surface area contributed by atoms with Crippen LogP contribution < -0.4 is 5.32 Å². The van der Waals surface area contributed by atoms with E-state index in [2.05, 4.69) is 15.3 Å². The Bertz CT molecular complexity index is 1060. The highest BCUT2D eigenvalue weighted by Gasteiger charge is 2.26. The van der Waals surface area contributed by atoms with Crippen LogP contribution in [-0.2, 0) is 6.54 Å². The lowest BCUT2D eigenvalue weighted by atomic mass is 10.1. The Morgan fingerprint density at radius 2 is 1.80 bits per heavy atom. The number of aromatic nitrogens is 2. The minimum Gasteiger partial charge on any atom is -0.501 e. The molecule has 9 heteroatoms. The number of rotatable bonds is 6. The van der Waals surface area contributed by atoms with Gasteiger partial charge in [0.2, 0.25) is 5.75 Å². The Balaban J connectivity index is 1.91. The summed E-state index contributed by atoms with van der Waals surface area (Å²) in [4.78, 5) is 22.4. The number of aromatic hydroxyl groups is 2. The summed E-state index contributed by atoms with van der Waals surface area (Å²) in [5.74, 6) is -3.84. The van der Waals surface area contributed by atoms with E-state index >= 15 is 0 Å². The fourth-order valence-electron chi connectivity index (χ4n) is 2.98. The number of hydrogen-bond donors (Lipinski definition) is 3. The van der Waals surface area contributed by atoms with Crippen molar-refractivity contribution in [2.45, 2.75) is 12.6 Å². The molecule has 30 heavy (non-hydrogen) atoms. The van der Waals surface area contributed by atoms with Crippen molar-refractivity contribution < 1.29 is 23.8 Å². The first kappa shape index (κ1) is 21.1. The van der Waals surface area contributed by atoms with E-state index in [4.69, 9.17) is 0 Å². The summed E-state index contributed by atoms with van der Waals surface area (Å²) in [6, 6.07) is 11.7. The van der Waals surface area contributed by atoms with Crippen LogP contribution in [0.4, 0.5) is 8.78 Å². The first-order valence-corrected chi connectivity index (χ1v) is 9.01. The molecule has 0 bridgehead atoms. The molecule has 0 aliphatic rings. The molecular weight excluding hydrogens is 394 g/mol. The molecule has 0 radical (unpaired) electrons. The van der Waals surface area contributed by atoms with E-state index in [1.807, 2.05) is 30.3 Å². The molecule has 156 valence electrons. The summed E-state index contributed by atoms with van der Waals surface area (Å²) < 4.78 is 26.8. The predicted octanol–water partition coefficient (Wildman–Crippen LogP) is 2.75. The third-order valence-electron chi connectivity index (χ3n) is 4.43. The molecule has 0 spiro atoms. The number of nitrogens with zero attached hydrogens (tertiary/aromatic N) is 3. The van der Waals surface area contributed by atoms with E-state index in [1.165, 1.54) is 6.07 Å². The SMILES string of the molecule is CN(C)C(c1ccccc1)c1nc(O)c(O)c(C(=O)NCc2ccc(F)cc2F)n1. The van der Waals surface area contributed by atoms with Crippen LogP contribution in [0, 0.1) is 11.6 Å². The van der Waals surface area contributed by atoms with Gasteiger partial charge in [-0.05, 0) is 25.7 Å². The number of benzene rings is 2. The molecule has 0 aliphatic carbocycles. The van der Waals surface area contributed by atoms with E-state index in [-0.39, 0.29) is 17.9 Å². The number of hydrogen-bond acceptors (Lipinski definition) is 6. The average Bonchev–Trinajstić information content (AvgIpc) is 2.70. The van der Waals surface area contributed by atoms with Crippen molar-refractivity contribution in [3.63, 3.8) is 0 Å². The summed E-state index contributed by atoms with van der Waals surface area (Å²) in [6.07, 6.45) is 0. The smallest absolute Gasteiger partial charge is 0.274 e. The van der Waals surface area contributed by atoms with Gasteiger partial charge in [-0.1, -0.05) is 36.4 Å². The summed E-state index contributed by atoms with van der Waals surface area (Å²) >= 11 is 0. The third-order valence-corrected chi connectivity index (χ3v) is 4.43. The van der Waals surface area contributed by atoms with Crippen LogP contribution in [0.1, 0.15) is 33.5 Å². The first-order chi connectivity index (χ1) is 14.3. The van der Waals surface area contributed by atoms with Crippen molar-refractivity contribution in [3.8, 4) is 11.6 Å². The van der Waals surface area contributed by atoms with E-state index in [0.29, 0.717) is 6.07 Å². The number of halogens is 2. The Morgan fingerprint density at radius 3 is 2.43 bits per heavy atom. The molecule has 0 fully saturated rings. The van der Waals surface area contributed by atoms with Crippen LogP contribution in [0.25, 0.3) is 0 Å². The zero-order valence-corrected chi connectivity index (χ0v) is 16.3. The fourth-order valence-corrected chi connectivity index (χ4v) is 2.98. The molecule has 0 saturated carbocycles. The molecule has 3 N–H and O–H groups in total. The van der Waals surface area contributed by atoms with Crippen LogP contribution in [0.2, 0.25) is 0 Å². The van der Waals surface area contributed by atoms with Crippen LogP contribution in [0.3, 0.4) is 0 Å². The van der Waals surface area contributed by atoms with Gasteiger partial charge >= 0.3 is 0 Å². The molecule has 0 saturated heterocycles. The second-order valence-corrected chi connectivity index (χ2v) is 6.80. The van der Waals surface area contributed by atoms with Crippen molar-refractivity contribution in [3.05, 3.63) is 82.8 Å². The Kier molecular flexibility index (Phi) is 6.22. The van der Waals surface area contributed by atoms with Gasteiger partial charge in [-0.25, -0.2) is 13.8 Å². The second kappa shape index (κ2) is 8.83. The number of nitrogens with one attached hydrogen (secondary N) is 1. The molecule has 3 rings (SSSR count). The van der Waals surface area contributed by atoms with Crippen LogP contribution in [-0.4, -0.2) is 45.1 Å². The monoisotopic (exact) mass is 414 g/mol. The highest BCUT2D eigenvalue weighted by atomic mass is 19.1. The largest absolute Gasteiger partial charge is 0.501 e. The standard InChI is InChI=1S/C21H20F2N4O3/c1-27(2)17(12-6-4-3-5-7-12)19-25-16(18(28)21(30)26-19)20(29)24-11-13-8-9-14(22)10-15(13)23/h3-10,17,28H,11H2,1-2H3,(H,24,29)(H,25,26,30). The zero-order valence-electron chi connectivity index (χ0n) is 16.3.